The minimum Gasteiger partial charge on any atom is -0.313 e. The Hall–Kier alpha value is -0.920. The van der Waals surface area contributed by atoms with E-state index in [-0.39, 0.29) is 11.4 Å². The van der Waals surface area contributed by atoms with Crippen LogP contribution in [0.3, 0.4) is 0 Å². The lowest BCUT2D eigenvalue weighted by Gasteiger charge is -2.09. The van der Waals surface area contributed by atoms with Crippen LogP contribution in [0.2, 0.25) is 5.02 Å². The highest BCUT2D eigenvalue weighted by atomic mass is 35.5. The van der Waals surface area contributed by atoms with E-state index in [2.05, 4.69) is 10.0 Å². The van der Waals surface area contributed by atoms with Crippen LogP contribution in [-0.4, -0.2) is 15.0 Å². The zero-order valence-corrected chi connectivity index (χ0v) is 14.0. The molecule has 114 valence electrons. The Kier molecular flexibility index (Phi) is 5.78. The third-order valence-corrected chi connectivity index (χ3v) is 5.54. The number of thiophene rings is 1. The highest BCUT2D eigenvalue weighted by molar-refractivity contribution is 7.89. The summed E-state index contributed by atoms with van der Waals surface area (Å²) in [5, 5.41) is 5.53. The fourth-order valence-electron chi connectivity index (χ4n) is 1.76. The van der Waals surface area contributed by atoms with Crippen molar-refractivity contribution in [1.82, 2.24) is 10.0 Å². The summed E-state index contributed by atoms with van der Waals surface area (Å²) in [6, 6.07) is 8.59. The van der Waals surface area contributed by atoms with Crippen LogP contribution in [0.1, 0.15) is 17.4 Å². The number of rotatable bonds is 7. The van der Waals surface area contributed by atoms with Crippen molar-refractivity contribution in [3.63, 3.8) is 0 Å². The predicted octanol–water partition coefficient (Wildman–Crippen LogP) is 2.99. The molecule has 0 atom stereocenters. The Morgan fingerprint density at radius 1 is 1.24 bits per heavy atom. The van der Waals surface area contributed by atoms with Crippen molar-refractivity contribution in [2.75, 3.05) is 6.54 Å². The molecule has 0 amide bonds. The summed E-state index contributed by atoms with van der Waals surface area (Å²) in [6.45, 7) is 3.75. The van der Waals surface area contributed by atoms with E-state index < -0.39 is 10.0 Å². The average molecular weight is 345 g/mol. The summed E-state index contributed by atoms with van der Waals surface area (Å²) in [4.78, 5) is 1.15. The molecule has 0 bridgehead atoms. The Labute approximate surface area is 134 Å². The van der Waals surface area contributed by atoms with Crippen LogP contribution in [0.4, 0.5) is 0 Å². The van der Waals surface area contributed by atoms with Gasteiger partial charge in [-0.05, 0) is 35.7 Å². The summed E-state index contributed by atoms with van der Waals surface area (Å²) in [6.07, 6.45) is 0. The molecule has 0 aliphatic rings. The molecular weight excluding hydrogens is 328 g/mol. The lowest BCUT2D eigenvalue weighted by atomic mass is 10.2. The van der Waals surface area contributed by atoms with E-state index >= 15 is 0 Å². The lowest BCUT2D eigenvalue weighted by molar-refractivity contribution is 0.581. The molecule has 7 heteroatoms. The molecule has 0 fully saturated rings. The molecule has 21 heavy (non-hydrogen) atoms. The number of halogens is 1. The van der Waals surface area contributed by atoms with Gasteiger partial charge in [-0.15, -0.1) is 11.3 Å². The van der Waals surface area contributed by atoms with Crippen LogP contribution in [0.5, 0.6) is 0 Å². The van der Waals surface area contributed by atoms with Gasteiger partial charge in [-0.25, -0.2) is 13.1 Å². The Balaban J connectivity index is 2.10. The standard InChI is InChI=1S/C14H17ClN2O2S2/c1-2-16-9-11-5-6-13(8-14(11)15)21(18,19)17-10-12-4-3-7-20-12/h3-8,16-17H,2,9-10H2,1H3. The van der Waals surface area contributed by atoms with Crippen molar-refractivity contribution in [1.29, 1.82) is 0 Å². The van der Waals surface area contributed by atoms with E-state index in [0.717, 1.165) is 17.0 Å². The maximum absolute atomic E-state index is 12.2. The number of hydrogen-bond donors (Lipinski definition) is 2. The first kappa shape index (κ1) is 16.5. The predicted molar refractivity (Wildman–Crippen MR) is 87.2 cm³/mol. The van der Waals surface area contributed by atoms with Crippen molar-refractivity contribution in [3.05, 3.63) is 51.2 Å². The second kappa shape index (κ2) is 7.38. The van der Waals surface area contributed by atoms with E-state index in [1.807, 2.05) is 24.4 Å². The maximum atomic E-state index is 12.2. The van der Waals surface area contributed by atoms with Gasteiger partial charge >= 0.3 is 0 Å². The smallest absolute Gasteiger partial charge is 0.240 e. The molecule has 1 aromatic carbocycles. The zero-order valence-electron chi connectivity index (χ0n) is 11.6. The van der Waals surface area contributed by atoms with Crippen molar-refractivity contribution in [3.8, 4) is 0 Å². The molecule has 0 radical (unpaired) electrons. The van der Waals surface area contributed by atoms with Crippen LogP contribution in [-0.2, 0) is 23.1 Å². The SMILES string of the molecule is CCNCc1ccc(S(=O)(=O)NCc2cccs2)cc1Cl. The normalized spacial score (nSPS) is 11.7. The molecule has 4 nitrogen and oxygen atoms in total. The summed E-state index contributed by atoms with van der Waals surface area (Å²) in [5.74, 6) is 0. The first-order valence-corrected chi connectivity index (χ1v) is 9.28. The molecule has 2 N–H and O–H groups in total. The Morgan fingerprint density at radius 2 is 2.05 bits per heavy atom. The summed E-state index contributed by atoms with van der Waals surface area (Å²) in [5.41, 5.74) is 0.885. The number of nitrogens with one attached hydrogen (secondary N) is 2. The topological polar surface area (TPSA) is 58.2 Å². The molecule has 0 spiro atoms. The molecule has 0 aliphatic carbocycles. The largest absolute Gasteiger partial charge is 0.313 e. The van der Waals surface area contributed by atoms with Crippen LogP contribution in [0.15, 0.2) is 40.6 Å². The van der Waals surface area contributed by atoms with Crippen LogP contribution in [0.25, 0.3) is 0 Å². The van der Waals surface area contributed by atoms with E-state index in [0.29, 0.717) is 11.6 Å². The number of hydrogen-bond acceptors (Lipinski definition) is 4. The molecule has 0 saturated heterocycles. The summed E-state index contributed by atoms with van der Waals surface area (Å²) < 4.78 is 27.0. The Bertz CT molecular complexity index is 685. The molecular formula is C14H17ClN2O2S2. The van der Waals surface area contributed by atoms with Gasteiger partial charge in [0.25, 0.3) is 0 Å². The summed E-state index contributed by atoms with van der Waals surface area (Å²) in [7, 11) is -3.54. The molecule has 0 saturated carbocycles. The highest BCUT2D eigenvalue weighted by Crippen LogP contribution is 2.21. The lowest BCUT2D eigenvalue weighted by Crippen LogP contribution is -2.23. The molecule has 2 rings (SSSR count). The van der Waals surface area contributed by atoms with Gasteiger partial charge in [0.1, 0.15) is 0 Å². The molecule has 2 aromatic rings. The molecule has 0 aliphatic heterocycles. The number of sulfonamides is 1. The van der Waals surface area contributed by atoms with Gasteiger partial charge in [-0.1, -0.05) is 30.7 Å². The molecule has 0 unspecified atom stereocenters. The second-order valence-electron chi connectivity index (χ2n) is 4.44. The van der Waals surface area contributed by atoms with Gasteiger partial charge in [0.05, 0.1) is 4.90 Å². The van der Waals surface area contributed by atoms with Gasteiger partial charge in [0.2, 0.25) is 10.0 Å². The molecule has 1 aromatic heterocycles. The fraction of sp³-hybridized carbons (Fsp3) is 0.286. The van der Waals surface area contributed by atoms with Crippen LogP contribution in [0, 0.1) is 0 Å². The van der Waals surface area contributed by atoms with Gasteiger partial charge in [-0.2, -0.15) is 0 Å². The monoisotopic (exact) mass is 344 g/mol. The third kappa shape index (κ3) is 4.52. The van der Waals surface area contributed by atoms with E-state index in [4.69, 9.17) is 11.6 Å². The highest BCUT2D eigenvalue weighted by Gasteiger charge is 2.15. The van der Waals surface area contributed by atoms with Gasteiger partial charge in [0.15, 0.2) is 0 Å². The quantitative estimate of drug-likeness (QED) is 0.811. The van der Waals surface area contributed by atoms with Crippen molar-refractivity contribution >= 4 is 33.0 Å². The van der Waals surface area contributed by atoms with Crippen molar-refractivity contribution in [2.24, 2.45) is 0 Å². The van der Waals surface area contributed by atoms with E-state index in [9.17, 15) is 8.42 Å². The van der Waals surface area contributed by atoms with Crippen LogP contribution >= 0.6 is 22.9 Å². The minimum absolute atomic E-state index is 0.185. The van der Waals surface area contributed by atoms with E-state index in [1.165, 1.54) is 17.4 Å². The zero-order chi connectivity index (χ0) is 15.3. The first-order valence-electron chi connectivity index (χ1n) is 6.54. The second-order valence-corrected chi connectivity index (χ2v) is 7.64. The third-order valence-electron chi connectivity index (χ3n) is 2.92. The number of benzene rings is 1. The van der Waals surface area contributed by atoms with Crippen LogP contribution < -0.4 is 10.0 Å². The molecule has 1 heterocycles. The average Bonchev–Trinajstić information content (AvgIpc) is 2.97. The fourth-order valence-corrected chi connectivity index (χ4v) is 3.84. The maximum Gasteiger partial charge on any atom is 0.240 e. The van der Waals surface area contributed by atoms with E-state index in [1.54, 1.807) is 12.1 Å². The van der Waals surface area contributed by atoms with Gasteiger partial charge in [0, 0.05) is 23.0 Å². The minimum atomic E-state index is -3.54. The van der Waals surface area contributed by atoms with Gasteiger partial charge < -0.3 is 5.32 Å². The summed E-state index contributed by atoms with van der Waals surface area (Å²) >= 11 is 7.65. The van der Waals surface area contributed by atoms with Crippen molar-refractivity contribution < 1.29 is 8.42 Å². The first-order chi connectivity index (χ1) is 10.0. The van der Waals surface area contributed by atoms with Gasteiger partial charge in [-0.3, -0.25) is 0 Å². The Morgan fingerprint density at radius 3 is 2.67 bits per heavy atom. The van der Waals surface area contributed by atoms with Crippen molar-refractivity contribution in [2.45, 2.75) is 24.9 Å².